The molecule has 0 fully saturated rings. The Bertz CT molecular complexity index is 1860. The van der Waals surface area contributed by atoms with Crippen molar-refractivity contribution >= 4 is 27.7 Å². The summed E-state index contributed by atoms with van der Waals surface area (Å²) >= 11 is 0. The first-order chi connectivity index (χ1) is 20.3. The van der Waals surface area contributed by atoms with Gasteiger partial charge in [-0.3, -0.25) is 0 Å². The number of aryl methyl sites for hydroxylation is 1. The van der Waals surface area contributed by atoms with Crippen LogP contribution in [0.2, 0.25) is 0 Å². The molecule has 34 heavy (non-hydrogen) atoms. The van der Waals surface area contributed by atoms with Crippen molar-refractivity contribution in [2.24, 2.45) is 4.99 Å². The van der Waals surface area contributed by atoms with E-state index in [1.165, 1.54) is 6.20 Å². The molecule has 171 valence electrons. The SMILES string of the molecule is [2H]C1C(C([2H])([2H])[2H])=CN=C(c2[c-]ccc3c2oc2ccccc23)C1[2H].[2H]c1c(C([2H])([2H])[2H])cnc(-c2[c-]cccc2)c1[2H].[Ir]. The molecule has 3 aromatic carbocycles. The molecule has 0 spiro atoms. The molecule has 2 unspecified atom stereocenters. The zero-order chi connectivity index (χ0) is 31.1. The van der Waals surface area contributed by atoms with E-state index in [1.807, 2.05) is 30.3 Å². The van der Waals surface area contributed by atoms with E-state index in [4.69, 9.17) is 18.1 Å². The Morgan fingerprint density at radius 2 is 1.88 bits per heavy atom. The summed E-state index contributed by atoms with van der Waals surface area (Å²) in [5.74, 6) is 0. The van der Waals surface area contributed by atoms with Crippen molar-refractivity contribution in [3.05, 3.63) is 114 Å². The van der Waals surface area contributed by atoms with E-state index in [1.54, 1.807) is 30.3 Å². The van der Waals surface area contributed by atoms with Gasteiger partial charge in [0.15, 0.2) is 0 Å². The third kappa shape index (κ3) is 5.09. The van der Waals surface area contributed by atoms with Crippen LogP contribution in [0.1, 0.15) is 44.5 Å². The minimum absolute atomic E-state index is 0. The molecule has 1 radical (unpaired) electrons. The Morgan fingerprint density at radius 3 is 2.74 bits per heavy atom. The maximum absolute atomic E-state index is 8.32. The van der Waals surface area contributed by atoms with Gasteiger partial charge in [-0.1, -0.05) is 46.8 Å². The maximum Gasteiger partial charge on any atom is 0.120 e. The van der Waals surface area contributed by atoms with E-state index in [9.17, 15) is 0 Å². The van der Waals surface area contributed by atoms with Gasteiger partial charge in [0.05, 0.1) is 8.32 Å². The van der Waals surface area contributed by atoms with Crippen LogP contribution < -0.4 is 0 Å². The van der Waals surface area contributed by atoms with Crippen LogP contribution in [0.15, 0.2) is 100 Å². The minimum atomic E-state index is -2.42. The number of para-hydroxylation sites is 1. The normalized spacial score (nSPS) is 22.2. The summed E-state index contributed by atoms with van der Waals surface area (Å²) in [6.07, 6.45) is 0.0210. The van der Waals surface area contributed by atoms with Gasteiger partial charge in [0, 0.05) is 48.9 Å². The topological polar surface area (TPSA) is 38.4 Å². The molecular weight excluding hydrogens is 597 g/mol. The van der Waals surface area contributed by atoms with Crippen LogP contribution in [-0.4, -0.2) is 10.7 Å². The fraction of sp³-hybridized carbons (Fsp3) is 0.133. The predicted octanol–water partition coefficient (Wildman–Crippen LogP) is 7.73. The number of allylic oxidation sites excluding steroid dienone is 1. The first-order valence-corrected chi connectivity index (χ1v) is 10.2. The molecule has 3 heterocycles. The smallest absolute Gasteiger partial charge is 0.120 e. The summed E-state index contributed by atoms with van der Waals surface area (Å²) in [5.41, 5.74) is 2.61. The summed E-state index contributed by atoms with van der Waals surface area (Å²) in [5, 5.41) is 1.83. The number of aliphatic imine (C=N–C) groups is 1. The van der Waals surface area contributed by atoms with Crippen LogP contribution in [-0.2, 0) is 20.1 Å². The van der Waals surface area contributed by atoms with Crippen molar-refractivity contribution < 1.29 is 38.2 Å². The standard InChI is InChI=1S/C18H14NO.C12H10N.Ir/c1-12-9-10-16(19-11-12)15-7-4-6-14-13-5-2-3-8-17(13)20-18(14)15;1-10-7-8-12(13-9-10)11-5-3-2-4-6-11;/h2-6,8,11H,9-10H2,1H3;2-5,7-9H,1H3;/q2*-1;/i1D3,9D,10D;1D3,7D,8D;. The second kappa shape index (κ2) is 10.7. The number of pyridine rings is 1. The second-order valence-electron chi connectivity index (χ2n) is 7.17. The van der Waals surface area contributed by atoms with Crippen LogP contribution in [0, 0.1) is 19.0 Å². The molecule has 0 amide bonds. The second-order valence-corrected chi connectivity index (χ2v) is 7.17. The van der Waals surface area contributed by atoms with Gasteiger partial charge in [-0.05, 0) is 49.5 Å². The van der Waals surface area contributed by atoms with Crippen molar-refractivity contribution in [2.75, 3.05) is 0 Å². The van der Waals surface area contributed by atoms with Gasteiger partial charge in [0.1, 0.15) is 5.58 Å². The number of hydrogen-bond acceptors (Lipinski definition) is 3. The van der Waals surface area contributed by atoms with E-state index in [-0.39, 0.29) is 49.0 Å². The van der Waals surface area contributed by atoms with Crippen LogP contribution in [0.25, 0.3) is 33.2 Å². The number of furan rings is 1. The molecule has 4 heteroatoms. The molecule has 6 rings (SSSR count). The monoisotopic (exact) mass is 631 g/mol. The van der Waals surface area contributed by atoms with Gasteiger partial charge in [-0.2, -0.15) is 0 Å². The van der Waals surface area contributed by atoms with Gasteiger partial charge in [-0.25, -0.2) is 0 Å². The van der Waals surface area contributed by atoms with E-state index in [0.29, 0.717) is 22.4 Å². The minimum Gasteiger partial charge on any atom is -0.501 e. The quantitative estimate of drug-likeness (QED) is 0.187. The van der Waals surface area contributed by atoms with Gasteiger partial charge < -0.3 is 14.4 Å². The molecule has 3 nitrogen and oxygen atoms in total. The predicted molar refractivity (Wildman–Crippen MR) is 135 cm³/mol. The summed E-state index contributed by atoms with van der Waals surface area (Å²) < 4.78 is 82.2. The molecule has 2 atom stereocenters. The number of nitrogens with zero attached hydrogens (tertiary/aromatic N) is 2. The van der Waals surface area contributed by atoms with Crippen LogP contribution in [0.5, 0.6) is 0 Å². The Kier molecular flexibility index (Phi) is 4.47. The van der Waals surface area contributed by atoms with Crippen molar-refractivity contribution in [3.8, 4) is 11.3 Å². The Labute approximate surface area is 227 Å². The van der Waals surface area contributed by atoms with Crippen molar-refractivity contribution in [1.82, 2.24) is 4.98 Å². The van der Waals surface area contributed by atoms with E-state index in [2.05, 4.69) is 22.1 Å². The summed E-state index contributed by atoms with van der Waals surface area (Å²) in [7, 11) is 0. The van der Waals surface area contributed by atoms with Crippen LogP contribution >= 0.6 is 0 Å². The van der Waals surface area contributed by atoms with Gasteiger partial charge >= 0.3 is 0 Å². The van der Waals surface area contributed by atoms with E-state index in [0.717, 1.165) is 22.6 Å². The molecule has 1 aliphatic rings. The largest absolute Gasteiger partial charge is 0.501 e. The van der Waals surface area contributed by atoms with Crippen molar-refractivity contribution in [1.29, 1.82) is 0 Å². The average Bonchev–Trinajstić information content (AvgIpc) is 3.34. The Balaban J connectivity index is 0.000000207. The number of fused-ring (bicyclic) bond motifs is 3. The van der Waals surface area contributed by atoms with E-state index >= 15 is 0 Å². The van der Waals surface area contributed by atoms with Crippen molar-refractivity contribution in [2.45, 2.75) is 26.5 Å². The summed E-state index contributed by atoms with van der Waals surface area (Å²) in [6, 6.07) is 23.6. The molecule has 5 aromatic rings. The summed E-state index contributed by atoms with van der Waals surface area (Å²) in [6.45, 7) is -4.84. The molecule has 0 aliphatic carbocycles. The number of hydrogen-bond donors (Lipinski definition) is 0. The summed E-state index contributed by atoms with van der Waals surface area (Å²) in [4.78, 5) is 8.17. The molecular formula is C30H24IrN2O-2. The number of benzene rings is 3. The average molecular weight is 631 g/mol. The van der Waals surface area contributed by atoms with Gasteiger partial charge in [0.2, 0.25) is 0 Å². The van der Waals surface area contributed by atoms with Gasteiger partial charge in [0.25, 0.3) is 0 Å². The fourth-order valence-corrected chi connectivity index (χ4v) is 3.42. The van der Waals surface area contributed by atoms with Crippen LogP contribution in [0.3, 0.4) is 0 Å². The Morgan fingerprint density at radius 1 is 0.971 bits per heavy atom. The maximum atomic E-state index is 8.32. The Hall–Kier alpha value is -3.33. The molecule has 0 bridgehead atoms. The zero-order valence-electron chi connectivity index (χ0n) is 27.7. The molecule has 1 aliphatic heterocycles. The van der Waals surface area contributed by atoms with Gasteiger partial charge in [-0.15, -0.1) is 54.1 Å². The molecule has 0 saturated heterocycles. The van der Waals surface area contributed by atoms with E-state index < -0.39 is 26.5 Å². The molecule has 2 aromatic heterocycles. The molecule has 0 saturated carbocycles. The first kappa shape index (κ1) is 14.2. The third-order valence-corrected chi connectivity index (χ3v) is 4.96. The number of rotatable bonds is 2. The zero-order valence-corrected chi connectivity index (χ0v) is 20.1. The third-order valence-electron chi connectivity index (χ3n) is 4.96. The van der Waals surface area contributed by atoms with Crippen molar-refractivity contribution in [3.63, 3.8) is 0 Å². The first-order valence-electron chi connectivity index (χ1n) is 15.3. The fourth-order valence-electron chi connectivity index (χ4n) is 3.42. The van der Waals surface area contributed by atoms with Crippen LogP contribution in [0.4, 0.5) is 0 Å². The number of aromatic nitrogens is 1. The molecule has 0 N–H and O–H groups in total.